The van der Waals surface area contributed by atoms with Crippen molar-refractivity contribution in [1.82, 2.24) is 14.7 Å². The van der Waals surface area contributed by atoms with Gasteiger partial charge in [-0.2, -0.15) is 5.10 Å². The first kappa shape index (κ1) is 15.0. The Kier molecular flexibility index (Phi) is 3.90. The lowest BCUT2D eigenvalue weighted by atomic mass is 10.2. The van der Waals surface area contributed by atoms with E-state index in [2.05, 4.69) is 5.10 Å². The van der Waals surface area contributed by atoms with Crippen molar-refractivity contribution < 1.29 is 13.2 Å². The fourth-order valence-electron chi connectivity index (χ4n) is 3.03. The minimum Gasteiger partial charge on any atom is -0.337 e. The molecule has 3 rings (SSSR count). The first-order valence-electron chi connectivity index (χ1n) is 7.40. The molecule has 0 radical (unpaired) electrons. The summed E-state index contributed by atoms with van der Waals surface area (Å²) >= 11 is 0. The van der Waals surface area contributed by atoms with E-state index in [1.165, 1.54) is 0 Å². The number of hydrogen-bond acceptors (Lipinski definition) is 4. The van der Waals surface area contributed by atoms with Gasteiger partial charge in [0.05, 0.1) is 23.2 Å². The quantitative estimate of drug-likeness (QED) is 0.844. The van der Waals surface area contributed by atoms with Gasteiger partial charge in [-0.1, -0.05) is 18.2 Å². The number of aromatic nitrogens is 2. The molecule has 22 heavy (non-hydrogen) atoms. The summed E-state index contributed by atoms with van der Waals surface area (Å²) in [6, 6.07) is 7.50. The van der Waals surface area contributed by atoms with Gasteiger partial charge in [-0.25, -0.2) is 8.42 Å². The summed E-state index contributed by atoms with van der Waals surface area (Å²) in [5.74, 6) is 0.164. The van der Waals surface area contributed by atoms with Crippen LogP contribution in [0.5, 0.6) is 0 Å². The van der Waals surface area contributed by atoms with Gasteiger partial charge in [-0.05, 0) is 19.4 Å². The molecule has 1 aromatic carbocycles. The third-order valence-electron chi connectivity index (χ3n) is 4.15. The summed E-state index contributed by atoms with van der Waals surface area (Å²) in [6.45, 7) is 2.53. The van der Waals surface area contributed by atoms with Crippen molar-refractivity contribution in [2.24, 2.45) is 0 Å². The van der Waals surface area contributed by atoms with Gasteiger partial charge in [-0.15, -0.1) is 0 Å². The lowest BCUT2D eigenvalue weighted by Gasteiger charge is -2.26. The molecule has 1 atom stereocenters. The average Bonchev–Trinajstić information content (AvgIpc) is 3.04. The van der Waals surface area contributed by atoms with E-state index in [1.807, 2.05) is 31.2 Å². The molecular formula is C15H19N3O3S. The number of carbonyl (C=O) groups excluding carboxylic acids is 1. The number of fused-ring (bicyclic) bond motifs is 1. The highest BCUT2D eigenvalue weighted by Gasteiger charge is 2.33. The minimum atomic E-state index is -3.00. The molecule has 2 aromatic rings. The van der Waals surface area contributed by atoms with E-state index < -0.39 is 9.84 Å². The SMILES string of the molecule is CCN(C(=O)Cn1ncc2ccccc21)[C@@H]1CCS(=O)(=O)C1. The van der Waals surface area contributed by atoms with Gasteiger partial charge >= 0.3 is 0 Å². The number of likely N-dealkylation sites (N-methyl/N-ethyl adjacent to an activating group) is 1. The fraction of sp³-hybridized carbons (Fsp3) is 0.467. The van der Waals surface area contributed by atoms with Crippen LogP contribution in [0.1, 0.15) is 13.3 Å². The summed E-state index contributed by atoms with van der Waals surface area (Å²) in [5.41, 5.74) is 0.908. The Bertz CT molecular complexity index is 797. The third-order valence-corrected chi connectivity index (χ3v) is 5.90. The molecule has 118 valence electrons. The average molecular weight is 321 g/mol. The van der Waals surface area contributed by atoms with E-state index >= 15 is 0 Å². The number of sulfone groups is 1. The first-order valence-corrected chi connectivity index (χ1v) is 9.23. The van der Waals surface area contributed by atoms with E-state index in [4.69, 9.17) is 0 Å². The Hall–Kier alpha value is -1.89. The van der Waals surface area contributed by atoms with Crippen molar-refractivity contribution in [3.8, 4) is 0 Å². The van der Waals surface area contributed by atoms with Crippen LogP contribution in [0.15, 0.2) is 30.5 Å². The highest BCUT2D eigenvalue weighted by molar-refractivity contribution is 7.91. The van der Waals surface area contributed by atoms with Crippen molar-refractivity contribution in [1.29, 1.82) is 0 Å². The molecule has 0 spiro atoms. The van der Waals surface area contributed by atoms with E-state index in [0.29, 0.717) is 13.0 Å². The van der Waals surface area contributed by atoms with Gasteiger partial charge in [0.25, 0.3) is 0 Å². The molecule has 0 bridgehead atoms. The molecule has 6 nitrogen and oxygen atoms in total. The molecule has 0 unspecified atom stereocenters. The number of benzene rings is 1. The van der Waals surface area contributed by atoms with Crippen LogP contribution in [-0.4, -0.2) is 53.1 Å². The first-order chi connectivity index (χ1) is 10.5. The van der Waals surface area contributed by atoms with E-state index in [-0.39, 0.29) is 30.0 Å². The second-order valence-electron chi connectivity index (χ2n) is 5.60. The Morgan fingerprint density at radius 1 is 1.41 bits per heavy atom. The van der Waals surface area contributed by atoms with Gasteiger partial charge in [0.2, 0.25) is 5.91 Å². The number of amides is 1. The highest BCUT2D eigenvalue weighted by atomic mass is 32.2. The van der Waals surface area contributed by atoms with Gasteiger partial charge in [0.15, 0.2) is 9.84 Å². The van der Waals surface area contributed by atoms with E-state index in [9.17, 15) is 13.2 Å². The predicted octanol–water partition coefficient (Wildman–Crippen LogP) is 1.07. The maximum absolute atomic E-state index is 12.6. The Morgan fingerprint density at radius 2 is 2.18 bits per heavy atom. The number of nitrogens with zero attached hydrogens (tertiary/aromatic N) is 3. The number of hydrogen-bond donors (Lipinski definition) is 0. The summed E-state index contributed by atoms with van der Waals surface area (Å²) in [6.07, 6.45) is 2.26. The van der Waals surface area contributed by atoms with Crippen molar-refractivity contribution in [3.05, 3.63) is 30.5 Å². The Labute approximate surface area is 129 Å². The molecule has 2 heterocycles. The Morgan fingerprint density at radius 3 is 2.86 bits per heavy atom. The normalized spacial score (nSPS) is 20.3. The zero-order valence-electron chi connectivity index (χ0n) is 12.5. The molecule has 0 N–H and O–H groups in total. The molecule has 0 aliphatic carbocycles. The maximum atomic E-state index is 12.6. The molecule has 7 heteroatoms. The van der Waals surface area contributed by atoms with E-state index in [0.717, 1.165) is 10.9 Å². The highest BCUT2D eigenvalue weighted by Crippen LogP contribution is 2.19. The molecule has 1 fully saturated rings. The smallest absolute Gasteiger partial charge is 0.244 e. The van der Waals surface area contributed by atoms with E-state index in [1.54, 1.807) is 15.8 Å². The second kappa shape index (κ2) is 5.72. The van der Waals surface area contributed by atoms with Crippen LogP contribution < -0.4 is 0 Å². The molecule has 1 aliphatic heterocycles. The van der Waals surface area contributed by atoms with Crippen LogP contribution >= 0.6 is 0 Å². The zero-order chi connectivity index (χ0) is 15.7. The van der Waals surface area contributed by atoms with Gasteiger partial charge < -0.3 is 4.90 Å². The van der Waals surface area contributed by atoms with Crippen LogP contribution in [0.4, 0.5) is 0 Å². The van der Waals surface area contributed by atoms with Crippen molar-refractivity contribution in [3.63, 3.8) is 0 Å². The monoisotopic (exact) mass is 321 g/mol. The van der Waals surface area contributed by atoms with Crippen molar-refractivity contribution >= 4 is 26.6 Å². The molecular weight excluding hydrogens is 302 g/mol. The van der Waals surface area contributed by atoms with Crippen LogP contribution in [0.3, 0.4) is 0 Å². The number of para-hydroxylation sites is 1. The second-order valence-corrected chi connectivity index (χ2v) is 7.83. The summed E-state index contributed by atoms with van der Waals surface area (Å²) < 4.78 is 24.9. The zero-order valence-corrected chi connectivity index (χ0v) is 13.3. The standard InChI is InChI=1S/C15H19N3O3S/c1-2-17(13-7-8-22(20,21)11-13)15(19)10-18-14-6-4-3-5-12(14)9-16-18/h3-6,9,13H,2,7-8,10-11H2,1H3/t13-/m1/s1. The molecule has 1 aromatic heterocycles. The van der Waals surface area contributed by atoms with Crippen LogP contribution in [0, 0.1) is 0 Å². The summed E-state index contributed by atoms with van der Waals surface area (Å²) in [4.78, 5) is 14.2. The maximum Gasteiger partial charge on any atom is 0.244 e. The van der Waals surface area contributed by atoms with Crippen LogP contribution in [0.2, 0.25) is 0 Å². The van der Waals surface area contributed by atoms with Gasteiger partial charge in [0, 0.05) is 18.0 Å². The Balaban J connectivity index is 1.78. The molecule has 0 saturated carbocycles. The minimum absolute atomic E-state index is 0.0758. The fourth-order valence-corrected chi connectivity index (χ4v) is 4.76. The lowest BCUT2D eigenvalue weighted by Crippen LogP contribution is -2.42. The molecule has 1 aliphatic rings. The third kappa shape index (κ3) is 2.85. The lowest BCUT2D eigenvalue weighted by molar-refractivity contribution is -0.133. The largest absolute Gasteiger partial charge is 0.337 e. The van der Waals surface area contributed by atoms with Gasteiger partial charge in [-0.3, -0.25) is 9.48 Å². The van der Waals surface area contributed by atoms with Crippen molar-refractivity contribution in [2.45, 2.75) is 25.9 Å². The van der Waals surface area contributed by atoms with Crippen LogP contribution in [0.25, 0.3) is 10.9 Å². The number of carbonyl (C=O) groups is 1. The predicted molar refractivity (Wildman–Crippen MR) is 84.2 cm³/mol. The molecule has 1 amide bonds. The molecule has 1 saturated heterocycles. The summed E-state index contributed by atoms with van der Waals surface area (Å²) in [5, 5.41) is 5.25. The van der Waals surface area contributed by atoms with Gasteiger partial charge in [0.1, 0.15) is 6.54 Å². The number of rotatable bonds is 4. The van der Waals surface area contributed by atoms with Crippen molar-refractivity contribution in [2.75, 3.05) is 18.1 Å². The summed E-state index contributed by atoms with van der Waals surface area (Å²) in [7, 11) is -3.00. The topological polar surface area (TPSA) is 72.3 Å². The van der Waals surface area contributed by atoms with Crippen LogP contribution in [-0.2, 0) is 21.2 Å².